The summed E-state index contributed by atoms with van der Waals surface area (Å²) in [5.74, 6) is -0.487. The Balaban J connectivity index is 2.20. The molecule has 0 aromatic rings. The molecule has 2 aliphatic heterocycles. The van der Waals surface area contributed by atoms with E-state index in [1.54, 1.807) is 0 Å². The van der Waals surface area contributed by atoms with Gasteiger partial charge >= 0.3 is 0 Å². The first-order valence-electron chi connectivity index (χ1n) is 9.15. The Morgan fingerprint density at radius 1 is 1.00 bits per heavy atom. The monoisotopic (exact) mass is 424 g/mol. The molecule has 0 saturated carbocycles. The number of rotatable bonds is 8. The van der Waals surface area contributed by atoms with E-state index in [1.165, 1.54) is 13.0 Å². The molecule has 0 aromatic carbocycles. The third kappa shape index (κ3) is 5.49. The third-order valence-electron chi connectivity index (χ3n) is 4.74. The van der Waals surface area contributed by atoms with Crippen molar-refractivity contribution in [2.75, 3.05) is 19.8 Å². The normalized spacial score (nSPS) is 43.0. The number of aliphatic hydroxyl groups excluding tert-OH is 6. The maximum Gasteiger partial charge on any atom is 0.217 e. The van der Waals surface area contributed by atoms with Crippen LogP contribution in [0.15, 0.2) is 12.7 Å². The van der Waals surface area contributed by atoms with Gasteiger partial charge in [0.2, 0.25) is 5.91 Å². The Morgan fingerprint density at radius 3 is 2.17 bits per heavy atom. The smallest absolute Gasteiger partial charge is 0.217 e. The van der Waals surface area contributed by atoms with Gasteiger partial charge in [0.1, 0.15) is 48.8 Å². The van der Waals surface area contributed by atoms with Crippen LogP contribution in [0.2, 0.25) is 0 Å². The number of hydrogen-bond acceptors (Lipinski definition) is 11. The van der Waals surface area contributed by atoms with Crippen LogP contribution in [0.5, 0.6) is 0 Å². The maximum atomic E-state index is 11.5. The molecule has 29 heavy (non-hydrogen) atoms. The predicted molar refractivity (Wildman–Crippen MR) is 94.1 cm³/mol. The first-order valence-corrected chi connectivity index (χ1v) is 9.15. The Kier molecular flexibility index (Phi) is 8.91. The fourth-order valence-electron chi connectivity index (χ4n) is 3.26. The molecule has 0 bridgehead atoms. The Hall–Kier alpha value is -1.19. The number of nitrogens with one attached hydrogen (secondary N) is 1. The van der Waals surface area contributed by atoms with Crippen molar-refractivity contribution >= 4 is 5.91 Å². The number of hydrogen-bond donors (Lipinski definition) is 7. The lowest BCUT2D eigenvalue weighted by Crippen LogP contribution is -2.67. The van der Waals surface area contributed by atoms with Gasteiger partial charge in [-0.1, -0.05) is 6.08 Å². The molecular weight excluding hydrogens is 395 g/mol. The van der Waals surface area contributed by atoms with Crippen molar-refractivity contribution in [1.82, 2.24) is 5.32 Å². The zero-order valence-corrected chi connectivity index (χ0v) is 15.9. The largest absolute Gasteiger partial charge is 0.394 e. The van der Waals surface area contributed by atoms with Gasteiger partial charge in [-0.05, 0) is 0 Å². The minimum Gasteiger partial charge on any atom is -0.394 e. The summed E-state index contributed by atoms with van der Waals surface area (Å²) in [4.78, 5) is 11.5. The van der Waals surface area contributed by atoms with Gasteiger partial charge in [0, 0.05) is 6.92 Å². The molecule has 12 nitrogen and oxygen atoms in total. The lowest BCUT2D eigenvalue weighted by atomic mass is 9.96. The van der Waals surface area contributed by atoms with E-state index in [2.05, 4.69) is 11.9 Å². The van der Waals surface area contributed by atoms with Gasteiger partial charge in [0.15, 0.2) is 12.6 Å². The van der Waals surface area contributed by atoms with E-state index in [1.807, 2.05) is 0 Å². The molecule has 2 saturated heterocycles. The van der Waals surface area contributed by atoms with Gasteiger partial charge in [-0.25, -0.2) is 0 Å². The Labute approximate surface area is 167 Å². The summed E-state index contributed by atoms with van der Waals surface area (Å²) < 4.78 is 21.8. The SMILES string of the molecule is C=CCO[C@@H]1O[C@H](CO)[C@@H](O[13C@@H]2O[C@H](CO)[C@H](O)[C@H](O)[C@H]2O)[C@H](O)[C@H]1NC(C)=O. The third-order valence-corrected chi connectivity index (χ3v) is 4.74. The molecule has 2 rings (SSSR count). The second kappa shape index (κ2) is 10.7. The molecule has 2 heterocycles. The molecule has 0 spiro atoms. The fourth-order valence-corrected chi connectivity index (χ4v) is 3.26. The summed E-state index contributed by atoms with van der Waals surface area (Å²) >= 11 is 0. The standard InChI is InChI=1S/C17H29NO11/c1-3-4-26-16-10(18-7(2)21)12(23)15(9(6-20)28-16)29-17-14(25)13(24)11(22)8(5-19)27-17/h3,8-17,19-20,22-25H,1,4-6H2,2H3,(H,18,21)/t8-,9-,10-,11+,12-,13+,14-,15-,16-,17+/m1/s1/i17+1. The molecule has 0 radical (unpaired) electrons. The molecule has 168 valence electrons. The Bertz CT molecular complexity index is 547. The van der Waals surface area contributed by atoms with E-state index in [0.29, 0.717) is 0 Å². The molecule has 1 amide bonds. The van der Waals surface area contributed by atoms with Crippen molar-refractivity contribution < 1.29 is 54.4 Å². The minimum absolute atomic E-state index is 0.0455. The van der Waals surface area contributed by atoms with E-state index in [-0.39, 0.29) is 6.61 Å². The van der Waals surface area contributed by atoms with Gasteiger partial charge in [-0.3, -0.25) is 4.79 Å². The van der Waals surface area contributed by atoms with Crippen molar-refractivity contribution in [2.45, 2.75) is 68.3 Å². The second-order valence-corrected chi connectivity index (χ2v) is 6.86. The summed E-state index contributed by atoms with van der Waals surface area (Å²) in [7, 11) is 0. The van der Waals surface area contributed by atoms with Crippen LogP contribution < -0.4 is 5.32 Å². The van der Waals surface area contributed by atoms with Crippen LogP contribution >= 0.6 is 0 Å². The van der Waals surface area contributed by atoms with Gasteiger partial charge in [-0.15, -0.1) is 6.58 Å². The van der Waals surface area contributed by atoms with Gasteiger partial charge in [0.05, 0.1) is 19.8 Å². The summed E-state index contributed by atoms with van der Waals surface area (Å²) in [6.45, 7) is 3.50. The van der Waals surface area contributed by atoms with Gasteiger partial charge in [-0.2, -0.15) is 0 Å². The first-order chi connectivity index (χ1) is 13.7. The first kappa shape index (κ1) is 24.1. The number of carbonyl (C=O) groups is 1. The number of aliphatic hydroxyl groups is 6. The maximum absolute atomic E-state index is 11.5. The Morgan fingerprint density at radius 2 is 1.62 bits per heavy atom. The molecule has 0 aromatic heterocycles. The summed E-state index contributed by atoms with van der Waals surface area (Å²) in [6, 6.07) is -1.09. The molecular formula is C17H29NO11. The average Bonchev–Trinajstić information content (AvgIpc) is 2.69. The summed E-state index contributed by atoms with van der Waals surface area (Å²) in [5, 5.41) is 62.1. The van der Waals surface area contributed by atoms with Crippen LogP contribution in [0.3, 0.4) is 0 Å². The highest BCUT2D eigenvalue weighted by molar-refractivity contribution is 5.73. The second-order valence-electron chi connectivity index (χ2n) is 6.86. The molecule has 0 aliphatic carbocycles. The highest BCUT2D eigenvalue weighted by Gasteiger charge is 2.51. The van der Waals surface area contributed by atoms with Crippen molar-refractivity contribution in [3.8, 4) is 0 Å². The van der Waals surface area contributed by atoms with E-state index in [4.69, 9.17) is 18.9 Å². The zero-order valence-electron chi connectivity index (χ0n) is 15.9. The molecule has 2 fully saturated rings. The minimum atomic E-state index is -1.71. The number of carbonyl (C=O) groups excluding carboxylic acids is 1. The van der Waals surface area contributed by atoms with E-state index >= 15 is 0 Å². The van der Waals surface area contributed by atoms with Crippen molar-refractivity contribution in [3.05, 3.63) is 12.7 Å². The molecule has 12 heteroatoms. The lowest BCUT2D eigenvalue weighted by molar-refractivity contribution is -0.347. The highest BCUT2D eigenvalue weighted by atomic mass is 16.8. The topological polar surface area (TPSA) is 187 Å². The van der Waals surface area contributed by atoms with Crippen LogP contribution in [0.25, 0.3) is 0 Å². The van der Waals surface area contributed by atoms with Crippen LogP contribution in [-0.4, -0.2) is 118 Å². The van der Waals surface area contributed by atoms with Crippen molar-refractivity contribution in [3.63, 3.8) is 0 Å². The van der Waals surface area contributed by atoms with Crippen LogP contribution in [0.4, 0.5) is 0 Å². The van der Waals surface area contributed by atoms with E-state index < -0.39 is 80.5 Å². The summed E-state index contributed by atoms with van der Waals surface area (Å²) in [6.07, 6.45) is -11.4. The predicted octanol–water partition coefficient (Wildman–Crippen LogP) is -4.04. The van der Waals surface area contributed by atoms with Gasteiger partial charge in [0.25, 0.3) is 0 Å². The quantitative estimate of drug-likeness (QED) is 0.148. The lowest BCUT2D eigenvalue weighted by Gasteiger charge is -2.47. The van der Waals surface area contributed by atoms with Crippen LogP contribution in [0.1, 0.15) is 6.92 Å². The molecule has 0 unspecified atom stereocenters. The molecule has 7 N–H and O–H groups in total. The highest BCUT2D eigenvalue weighted by Crippen LogP contribution is 2.29. The molecule has 10 atom stereocenters. The van der Waals surface area contributed by atoms with Crippen LogP contribution in [0, 0.1) is 0 Å². The van der Waals surface area contributed by atoms with Crippen LogP contribution in [-0.2, 0) is 23.7 Å². The average molecular weight is 424 g/mol. The number of ether oxygens (including phenoxy) is 4. The fraction of sp³-hybridized carbons (Fsp3) is 0.824. The zero-order chi connectivity index (χ0) is 21.7. The van der Waals surface area contributed by atoms with Crippen molar-refractivity contribution in [2.24, 2.45) is 0 Å². The van der Waals surface area contributed by atoms with Crippen molar-refractivity contribution in [1.29, 1.82) is 0 Å². The molecule has 2 aliphatic rings. The van der Waals surface area contributed by atoms with E-state index in [9.17, 15) is 35.4 Å². The van der Waals surface area contributed by atoms with E-state index in [0.717, 1.165) is 0 Å². The number of amides is 1. The summed E-state index contributed by atoms with van der Waals surface area (Å²) in [5.41, 5.74) is 0. The van der Waals surface area contributed by atoms with Gasteiger partial charge < -0.3 is 54.9 Å².